The predicted molar refractivity (Wildman–Crippen MR) is 128 cm³/mol. The largest absolute Gasteiger partial charge is 0.368 e. The smallest absolute Gasteiger partial charge is 0.224 e. The van der Waals surface area contributed by atoms with Gasteiger partial charge in [0, 0.05) is 23.1 Å². The topological polar surface area (TPSA) is 99.5 Å². The molecule has 7 nitrogen and oxygen atoms in total. The molecule has 1 atom stereocenters. The van der Waals surface area contributed by atoms with Crippen molar-refractivity contribution < 1.29 is 0 Å². The Morgan fingerprint density at radius 3 is 2.69 bits per heavy atom. The Hall–Kier alpha value is -3.87. The molecule has 1 unspecified atom stereocenters. The van der Waals surface area contributed by atoms with E-state index in [0.29, 0.717) is 11.6 Å². The van der Waals surface area contributed by atoms with Gasteiger partial charge in [-0.15, -0.1) is 0 Å². The summed E-state index contributed by atoms with van der Waals surface area (Å²) in [5, 5.41) is 1.29. The van der Waals surface area contributed by atoms with Crippen molar-refractivity contribution in [1.82, 2.24) is 24.9 Å². The van der Waals surface area contributed by atoms with E-state index in [1.165, 1.54) is 27.8 Å². The van der Waals surface area contributed by atoms with E-state index < -0.39 is 0 Å². The molecule has 0 radical (unpaired) electrons. The van der Waals surface area contributed by atoms with Crippen molar-refractivity contribution in [3.8, 4) is 0 Å². The van der Waals surface area contributed by atoms with Gasteiger partial charge in [-0.2, -0.15) is 9.97 Å². The zero-order valence-electron chi connectivity index (χ0n) is 18.1. The lowest BCUT2D eigenvalue weighted by Crippen LogP contribution is -2.37. The van der Waals surface area contributed by atoms with Gasteiger partial charge in [0.1, 0.15) is 5.52 Å². The number of aromatic amines is 2. The van der Waals surface area contributed by atoms with E-state index in [4.69, 9.17) is 5.73 Å². The average molecular weight is 424 g/mol. The summed E-state index contributed by atoms with van der Waals surface area (Å²) in [6.45, 7) is 5.25. The van der Waals surface area contributed by atoms with Crippen molar-refractivity contribution in [1.29, 1.82) is 0 Å². The van der Waals surface area contributed by atoms with E-state index in [-0.39, 0.29) is 12.0 Å². The van der Waals surface area contributed by atoms with Crippen LogP contribution >= 0.6 is 0 Å². The Labute approximate surface area is 185 Å². The highest BCUT2D eigenvalue weighted by Crippen LogP contribution is 2.41. The highest BCUT2D eigenvalue weighted by Gasteiger charge is 2.34. The Morgan fingerprint density at radius 2 is 1.88 bits per heavy atom. The van der Waals surface area contributed by atoms with Crippen LogP contribution in [0.3, 0.4) is 0 Å². The first kappa shape index (κ1) is 18.9. The van der Waals surface area contributed by atoms with E-state index in [1.807, 2.05) is 0 Å². The normalized spacial score (nSPS) is 16.2. The molecule has 4 N–H and O–H groups in total. The number of nitrogens with one attached hydrogen (secondary N) is 2. The highest BCUT2D eigenvalue weighted by atomic mass is 15.3. The van der Waals surface area contributed by atoms with Crippen LogP contribution < -0.4 is 10.6 Å². The quantitative estimate of drug-likeness (QED) is 0.391. The van der Waals surface area contributed by atoms with Gasteiger partial charge in [-0.25, -0.2) is 4.98 Å². The number of H-pyrrole nitrogens is 2. The molecular weight excluding hydrogens is 398 g/mol. The molecule has 1 aliphatic heterocycles. The molecule has 6 rings (SSSR count). The fourth-order valence-corrected chi connectivity index (χ4v) is 4.92. The number of nitrogen functional groups attached to an aromatic ring is 1. The van der Waals surface area contributed by atoms with E-state index in [2.05, 4.69) is 92.2 Å². The summed E-state index contributed by atoms with van der Waals surface area (Å²) in [4.78, 5) is 22.5. The minimum absolute atomic E-state index is 0.0202. The molecule has 3 aromatic heterocycles. The number of hydrogen-bond donors (Lipinski definition) is 3. The molecule has 0 amide bonds. The summed E-state index contributed by atoms with van der Waals surface area (Å²) in [5.41, 5.74) is 13.8. The second-order valence-electron chi connectivity index (χ2n) is 8.74. The minimum atomic E-state index is -0.0202. The third-order valence-electron chi connectivity index (χ3n) is 6.51. The second kappa shape index (κ2) is 7.09. The first-order valence-corrected chi connectivity index (χ1v) is 11.0. The van der Waals surface area contributed by atoms with Gasteiger partial charge in [0.25, 0.3) is 0 Å². The van der Waals surface area contributed by atoms with Gasteiger partial charge in [-0.1, -0.05) is 56.3 Å². The van der Waals surface area contributed by atoms with Crippen LogP contribution in [0.15, 0.2) is 54.9 Å². The van der Waals surface area contributed by atoms with Crippen molar-refractivity contribution in [2.45, 2.75) is 32.2 Å². The van der Waals surface area contributed by atoms with Crippen LogP contribution in [0.5, 0.6) is 0 Å². The van der Waals surface area contributed by atoms with Gasteiger partial charge < -0.3 is 20.6 Å². The maximum atomic E-state index is 6.07. The molecule has 0 spiro atoms. The zero-order chi connectivity index (χ0) is 21.8. The van der Waals surface area contributed by atoms with Crippen molar-refractivity contribution in [3.63, 3.8) is 0 Å². The minimum Gasteiger partial charge on any atom is -0.368 e. The molecule has 5 aromatic rings. The molecule has 32 heavy (non-hydrogen) atoms. The van der Waals surface area contributed by atoms with E-state index in [1.54, 1.807) is 6.33 Å². The molecule has 0 fully saturated rings. The molecule has 0 saturated carbocycles. The number of nitrogens with two attached hydrogens (primary N) is 1. The van der Waals surface area contributed by atoms with Crippen LogP contribution in [0.2, 0.25) is 0 Å². The van der Waals surface area contributed by atoms with Crippen molar-refractivity contribution in [3.05, 3.63) is 77.2 Å². The first-order chi connectivity index (χ1) is 15.6. The Morgan fingerprint density at radius 1 is 1.06 bits per heavy atom. The monoisotopic (exact) mass is 423 g/mol. The SMILES string of the molecule is CC(C)c1ccc(C2c3[nH]c4ccccc4c3CCN2c2nc(N)nc3nc[nH]c23)cc1. The fraction of sp³-hybridized carbons (Fsp3) is 0.240. The number of imidazole rings is 1. The van der Waals surface area contributed by atoms with Crippen LogP contribution in [0, 0.1) is 0 Å². The summed E-state index contributed by atoms with van der Waals surface area (Å²) in [6, 6.07) is 17.5. The lowest BCUT2D eigenvalue weighted by molar-refractivity contribution is 0.637. The Balaban J connectivity index is 1.57. The molecule has 0 saturated heterocycles. The standard InChI is InChI=1S/C25H25N7/c1-14(2)15-7-9-16(10-8-15)22-20-18(17-5-3-4-6-19(17)29-20)11-12-32(22)24-21-23(28-13-27-21)30-25(26)31-24/h3-10,13-14,22,29H,11-12H2,1-2H3,(H3,26,27,28,30,31). The number of nitrogens with zero attached hydrogens (tertiary/aromatic N) is 4. The predicted octanol–water partition coefficient (Wildman–Crippen LogP) is 4.69. The Bertz CT molecular complexity index is 1430. The zero-order valence-corrected chi connectivity index (χ0v) is 18.1. The third-order valence-corrected chi connectivity index (χ3v) is 6.51. The fourth-order valence-electron chi connectivity index (χ4n) is 4.92. The maximum absolute atomic E-state index is 6.07. The van der Waals surface area contributed by atoms with E-state index in [9.17, 15) is 0 Å². The summed E-state index contributed by atoms with van der Waals surface area (Å²) < 4.78 is 0. The molecule has 2 aromatic carbocycles. The van der Waals surface area contributed by atoms with Gasteiger partial charge in [0.05, 0.1) is 12.4 Å². The van der Waals surface area contributed by atoms with Gasteiger partial charge >= 0.3 is 0 Å². The summed E-state index contributed by atoms with van der Waals surface area (Å²) in [7, 11) is 0. The molecular formula is C25H25N7. The van der Waals surface area contributed by atoms with Crippen molar-refractivity contribution in [2.75, 3.05) is 17.2 Å². The van der Waals surface area contributed by atoms with Crippen LogP contribution in [0.25, 0.3) is 22.1 Å². The molecule has 0 bridgehead atoms. The number of rotatable bonds is 3. The second-order valence-corrected chi connectivity index (χ2v) is 8.74. The van der Waals surface area contributed by atoms with E-state index >= 15 is 0 Å². The lowest BCUT2D eigenvalue weighted by atomic mass is 9.91. The third kappa shape index (κ3) is 2.85. The molecule has 4 heterocycles. The number of fused-ring (bicyclic) bond motifs is 4. The van der Waals surface area contributed by atoms with Crippen LogP contribution in [0.1, 0.15) is 48.2 Å². The Kier molecular flexibility index (Phi) is 4.18. The van der Waals surface area contributed by atoms with Crippen molar-refractivity contribution >= 4 is 33.8 Å². The van der Waals surface area contributed by atoms with Gasteiger partial charge in [-0.05, 0) is 35.1 Å². The van der Waals surface area contributed by atoms with Crippen LogP contribution in [-0.2, 0) is 6.42 Å². The van der Waals surface area contributed by atoms with Crippen LogP contribution in [0.4, 0.5) is 11.8 Å². The summed E-state index contributed by atoms with van der Waals surface area (Å²) >= 11 is 0. The molecule has 1 aliphatic rings. The van der Waals surface area contributed by atoms with Gasteiger partial charge in [-0.3, -0.25) is 0 Å². The highest BCUT2D eigenvalue weighted by molar-refractivity contribution is 5.88. The van der Waals surface area contributed by atoms with Gasteiger partial charge in [0.2, 0.25) is 5.95 Å². The maximum Gasteiger partial charge on any atom is 0.224 e. The number of hydrogen-bond acceptors (Lipinski definition) is 5. The lowest BCUT2D eigenvalue weighted by Gasteiger charge is -2.37. The summed E-state index contributed by atoms with van der Waals surface area (Å²) in [6.07, 6.45) is 2.56. The number of aromatic nitrogens is 5. The molecule has 7 heteroatoms. The van der Waals surface area contributed by atoms with Gasteiger partial charge in [0.15, 0.2) is 11.5 Å². The van der Waals surface area contributed by atoms with Crippen LogP contribution in [-0.4, -0.2) is 31.5 Å². The number of benzene rings is 2. The average Bonchev–Trinajstić information content (AvgIpc) is 3.42. The van der Waals surface area contributed by atoms with Crippen molar-refractivity contribution in [2.24, 2.45) is 0 Å². The number of anilines is 2. The molecule has 0 aliphatic carbocycles. The number of para-hydroxylation sites is 1. The molecule has 160 valence electrons. The summed E-state index contributed by atoms with van der Waals surface area (Å²) in [5.74, 6) is 1.50. The van der Waals surface area contributed by atoms with E-state index in [0.717, 1.165) is 29.8 Å². The first-order valence-electron chi connectivity index (χ1n) is 11.0.